The number of benzene rings is 1. The second-order valence-electron chi connectivity index (χ2n) is 16.8. The van der Waals surface area contributed by atoms with Crippen molar-refractivity contribution < 1.29 is 27.9 Å². The molecule has 2 atom stereocenters. The molecule has 62 heavy (non-hydrogen) atoms. The van der Waals surface area contributed by atoms with Gasteiger partial charge in [-0.15, -0.1) is 0 Å². The number of hydrogen-bond donors (Lipinski definition) is 2. The Balaban J connectivity index is 0.769. The summed E-state index contributed by atoms with van der Waals surface area (Å²) in [5, 5.41) is 13.6. The van der Waals surface area contributed by atoms with E-state index >= 15 is 0 Å². The lowest BCUT2D eigenvalue weighted by Gasteiger charge is -2.37. The predicted molar refractivity (Wildman–Crippen MR) is 225 cm³/mol. The lowest BCUT2D eigenvalue weighted by molar-refractivity contribution is -0.135. The minimum atomic E-state index is -2.87. The number of anilines is 2. The summed E-state index contributed by atoms with van der Waals surface area (Å²) in [6.45, 7) is 9.00. The number of rotatable bonds is 9. The Morgan fingerprint density at radius 2 is 1.82 bits per heavy atom. The van der Waals surface area contributed by atoms with E-state index in [4.69, 9.17) is 9.72 Å². The van der Waals surface area contributed by atoms with Crippen molar-refractivity contribution in [2.45, 2.75) is 70.1 Å². The number of aromatic nitrogens is 7. The number of halogens is 2. The van der Waals surface area contributed by atoms with Crippen LogP contribution in [0.4, 0.5) is 20.3 Å². The average Bonchev–Trinajstić information content (AvgIpc) is 3.96. The fraction of sp³-hybridized carbons (Fsp3) is 0.512. The third-order valence-electron chi connectivity index (χ3n) is 12.7. The minimum Gasteiger partial charge on any atom is -0.375 e. The Morgan fingerprint density at radius 1 is 1.03 bits per heavy atom. The van der Waals surface area contributed by atoms with Crippen molar-refractivity contribution in [1.82, 2.24) is 48.6 Å². The molecule has 4 aromatic heterocycles. The van der Waals surface area contributed by atoms with Crippen molar-refractivity contribution >= 4 is 45.9 Å². The molecule has 7 heterocycles. The normalized spacial score (nSPS) is 22.9. The van der Waals surface area contributed by atoms with Crippen LogP contribution in [0.3, 0.4) is 0 Å². The molecular weight excluding hydrogens is 803 g/mol. The number of hydrogen-bond acceptors (Lipinski definition) is 11. The zero-order valence-corrected chi connectivity index (χ0v) is 34.8. The first-order chi connectivity index (χ1) is 30.0. The highest BCUT2D eigenvalue weighted by Gasteiger charge is 2.32. The molecule has 1 aromatic carbocycles. The van der Waals surface area contributed by atoms with Gasteiger partial charge in [0.25, 0.3) is 12.3 Å². The van der Waals surface area contributed by atoms with Crippen LogP contribution in [0.15, 0.2) is 47.7 Å². The molecule has 2 N–H and O–H groups in total. The van der Waals surface area contributed by atoms with E-state index < -0.39 is 30.0 Å². The zero-order chi connectivity index (χ0) is 43.1. The lowest BCUT2D eigenvalue weighted by Crippen LogP contribution is -2.48. The van der Waals surface area contributed by atoms with Crippen molar-refractivity contribution in [2.24, 2.45) is 13.0 Å². The molecule has 3 saturated heterocycles. The van der Waals surface area contributed by atoms with Crippen LogP contribution in [-0.4, -0.2) is 126 Å². The van der Waals surface area contributed by atoms with E-state index in [1.807, 2.05) is 25.1 Å². The molecule has 19 heteroatoms. The number of imide groups is 1. The fourth-order valence-electron chi connectivity index (χ4n) is 9.36. The molecule has 9 rings (SSSR count). The third-order valence-corrected chi connectivity index (χ3v) is 12.7. The van der Waals surface area contributed by atoms with Crippen LogP contribution in [0.2, 0.25) is 0 Å². The van der Waals surface area contributed by atoms with Crippen LogP contribution in [0.5, 0.6) is 0 Å². The third kappa shape index (κ3) is 8.33. The average molecular weight is 853 g/mol. The monoisotopic (exact) mass is 852 g/mol. The second-order valence-corrected chi connectivity index (χ2v) is 16.8. The van der Waals surface area contributed by atoms with E-state index in [9.17, 15) is 28.0 Å². The molecule has 0 spiro atoms. The summed E-state index contributed by atoms with van der Waals surface area (Å²) >= 11 is 0. The van der Waals surface area contributed by atoms with Crippen LogP contribution < -0.4 is 21.2 Å². The van der Waals surface area contributed by atoms with Gasteiger partial charge in [-0.1, -0.05) is 17.9 Å². The minimum absolute atomic E-state index is 0.0151. The molecule has 3 amide bonds. The highest BCUT2D eigenvalue weighted by atomic mass is 19.3. The van der Waals surface area contributed by atoms with Gasteiger partial charge in [0.05, 0.1) is 53.8 Å². The number of aryl methyl sites for hydroxylation is 1. The first-order valence-electron chi connectivity index (χ1n) is 21.4. The SMILES string of the molecule is CC1CN(c2ccn3ncc(C(=O)Nc4cn(C5CCC(CN6CCN(CC#Cc7cccc8c7n(C)c(=O)n8C7CCC(=O)NC7=O)CC6)CC5)nc4C(F)F)c3n2)CCO1. The van der Waals surface area contributed by atoms with E-state index in [0.717, 1.165) is 58.4 Å². The second kappa shape index (κ2) is 17.4. The summed E-state index contributed by atoms with van der Waals surface area (Å²) in [5.41, 5.74) is 1.70. The smallest absolute Gasteiger partial charge is 0.329 e. The number of nitrogens with zero attached hydrogens (tertiary/aromatic N) is 10. The van der Waals surface area contributed by atoms with Crippen molar-refractivity contribution in [3.05, 3.63) is 70.2 Å². The standard InChI is InChI=1S/C43H50F2N12O5/c1-27-24-54(21-22-62-27)35-14-16-55-40(48-35)31(23-46-55)41(59)47-32-26-56(50-37(32)39(44)45)30-10-8-28(9-11-30)25-53-19-17-52(18-20-53)15-4-6-29-5-3-7-33-38(29)51(2)43(61)57(33)34-12-13-36(58)49-42(34)60/h3,5,7,14,16,23,26-28,30,34,39H,8-13,15,17-22,24-25H2,1-2H3,(H,47,59)(H,49,58,60). The van der Waals surface area contributed by atoms with Crippen LogP contribution in [-0.2, 0) is 21.4 Å². The Kier molecular flexibility index (Phi) is 11.6. The maximum absolute atomic E-state index is 14.3. The number of nitrogens with one attached hydrogen (secondary N) is 2. The van der Waals surface area contributed by atoms with Gasteiger partial charge in [0, 0.05) is 71.7 Å². The number of morpholine rings is 1. The van der Waals surface area contributed by atoms with Gasteiger partial charge in [-0.25, -0.2) is 23.1 Å². The van der Waals surface area contributed by atoms with E-state index in [1.54, 1.807) is 24.0 Å². The molecule has 0 radical (unpaired) electrons. The Hall–Kier alpha value is -5.97. The number of alkyl halides is 2. The van der Waals surface area contributed by atoms with Gasteiger partial charge in [-0.05, 0) is 63.1 Å². The van der Waals surface area contributed by atoms with Gasteiger partial charge in [-0.3, -0.25) is 38.4 Å². The first kappa shape index (κ1) is 41.4. The van der Waals surface area contributed by atoms with E-state index in [0.29, 0.717) is 60.2 Å². The number of carbonyl (C=O) groups excluding carboxylic acids is 3. The van der Waals surface area contributed by atoms with Crippen LogP contribution in [0, 0.1) is 17.8 Å². The molecule has 3 aliphatic heterocycles. The summed E-state index contributed by atoms with van der Waals surface area (Å²) in [6.07, 6.45) is 5.78. The van der Waals surface area contributed by atoms with Crippen LogP contribution in [0.25, 0.3) is 16.7 Å². The van der Waals surface area contributed by atoms with Crippen molar-refractivity contribution in [3.8, 4) is 11.8 Å². The Labute approximate surface area is 356 Å². The maximum atomic E-state index is 14.3. The highest BCUT2D eigenvalue weighted by Crippen LogP contribution is 2.36. The lowest BCUT2D eigenvalue weighted by atomic mass is 9.85. The summed E-state index contributed by atoms with van der Waals surface area (Å²) < 4.78 is 40.3. The van der Waals surface area contributed by atoms with Gasteiger partial charge in [0.1, 0.15) is 17.4 Å². The Morgan fingerprint density at radius 3 is 2.58 bits per heavy atom. The van der Waals surface area contributed by atoms with E-state index in [2.05, 4.69) is 47.4 Å². The molecule has 326 valence electrons. The molecule has 4 fully saturated rings. The summed E-state index contributed by atoms with van der Waals surface area (Å²) in [6, 6.07) is 6.55. The van der Waals surface area contributed by atoms with Gasteiger partial charge < -0.3 is 19.9 Å². The number of piperazine rings is 1. The number of fused-ring (bicyclic) bond motifs is 2. The molecule has 4 aliphatic rings. The van der Waals surface area contributed by atoms with E-state index in [1.165, 1.54) is 26.0 Å². The molecule has 2 unspecified atom stereocenters. The van der Waals surface area contributed by atoms with E-state index in [-0.39, 0.29) is 47.8 Å². The quantitative estimate of drug-likeness (QED) is 0.165. The number of imidazole rings is 1. The molecule has 1 saturated carbocycles. The van der Waals surface area contributed by atoms with Crippen molar-refractivity contribution in [1.29, 1.82) is 0 Å². The largest absolute Gasteiger partial charge is 0.375 e. The number of para-hydroxylation sites is 1. The molecule has 5 aromatic rings. The number of ether oxygens (including phenoxy) is 1. The number of amides is 3. The zero-order valence-electron chi connectivity index (χ0n) is 34.8. The summed E-state index contributed by atoms with van der Waals surface area (Å²) in [7, 11) is 1.67. The topological polar surface area (TPSA) is 169 Å². The summed E-state index contributed by atoms with van der Waals surface area (Å²) in [4.78, 5) is 62.7. The van der Waals surface area contributed by atoms with Gasteiger partial charge >= 0.3 is 5.69 Å². The van der Waals surface area contributed by atoms with Gasteiger partial charge in [0.2, 0.25) is 11.8 Å². The molecule has 17 nitrogen and oxygen atoms in total. The molecular formula is C43H50F2N12O5. The molecule has 1 aliphatic carbocycles. The van der Waals surface area contributed by atoms with Crippen LogP contribution in [0.1, 0.15) is 85.6 Å². The highest BCUT2D eigenvalue weighted by molar-refractivity contribution is 6.08. The number of carbonyl (C=O) groups is 3. The summed E-state index contributed by atoms with van der Waals surface area (Å²) in [5.74, 6) is 6.36. The van der Waals surface area contributed by atoms with Gasteiger partial charge in [-0.2, -0.15) is 10.2 Å². The molecule has 0 bridgehead atoms. The Bertz CT molecular complexity index is 2620. The maximum Gasteiger partial charge on any atom is 0.329 e. The predicted octanol–water partition coefficient (Wildman–Crippen LogP) is 3.37. The fourth-order valence-corrected chi connectivity index (χ4v) is 9.36. The number of piperidine rings is 1. The van der Waals surface area contributed by atoms with Crippen LogP contribution >= 0.6 is 0 Å². The van der Waals surface area contributed by atoms with Crippen molar-refractivity contribution in [2.75, 3.05) is 69.2 Å². The van der Waals surface area contributed by atoms with Gasteiger partial charge in [0.15, 0.2) is 11.3 Å². The first-order valence-corrected chi connectivity index (χ1v) is 21.4. The van der Waals surface area contributed by atoms with Crippen molar-refractivity contribution in [3.63, 3.8) is 0 Å².